The minimum Gasteiger partial charge on any atom is -0.365 e. The van der Waals surface area contributed by atoms with Gasteiger partial charge in [0.05, 0.1) is 16.6 Å². The van der Waals surface area contributed by atoms with Crippen LogP contribution in [0.25, 0.3) is 10.9 Å². The molecule has 11 heteroatoms. The average Bonchev–Trinajstić information content (AvgIpc) is 3.56. The average molecular weight is 541 g/mol. The zero-order valence-electron chi connectivity index (χ0n) is 21.4. The molecule has 5 rings (SSSR count). The first-order valence-corrected chi connectivity index (χ1v) is 12.9. The van der Waals surface area contributed by atoms with Crippen LogP contribution in [0.3, 0.4) is 0 Å². The molecule has 0 spiro atoms. The highest BCUT2D eigenvalue weighted by molar-refractivity contribution is 5.95. The summed E-state index contributed by atoms with van der Waals surface area (Å²) in [5.74, 6) is -0.547. The lowest BCUT2D eigenvalue weighted by Crippen LogP contribution is -2.39. The molecule has 5 heterocycles. The van der Waals surface area contributed by atoms with E-state index in [9.17, 15) is 22.8 Å². The van der Waals surface area contributed by atoms with Gasteiger partial charge in [0.2, 0.25) is 0 Å². The standard InChI is InChI=1S/C22H25F3N4O.C6H6N2O/c23-22(24,25)19-4-8-26-14-18(19)21(30)29-10-5-16(6-11-29)3-1-2-9-28-12-7-17-13-27-15-20(17)28;7-6(9)5-3-1-2-4-8-5/h4,7-8,12-16,27H,1-3,5-6,9-11H2;1-4H,(H2,7,9). The van der Waals surface area contributed by atoms with Gasteiger partial charge in [0.1, 0.15) is 5.69 Å². The summed E-state index contributed by atoms with van der Waals surface area (Å²) in [4.78, 5) is 35.1. The molecular formula is C28H31F3N6O2. The van der Waals surface area contributed by atoms with Gasteiger partial charge in [0.25, 0.3) is 11.8 Å². The zero-order valence-corrected chi connectivity index (χ0v) is 21.4. The number of alkyl halides is 3. The molecule has 3 N–H and O–H groups in total. The fourth-order valence-electron chi connectivity index (χ4n) is 4.83. The number of carbonyl (C=O) groups is 2. The Labute approximate surface area is 224 Å². The van der Waals surface area contributed by atoms with Gasteiger partial charge in [-0.2, -0.15) is 13.2 Å². The Kier molecular flexibility index (Phi) is 9.00. The van der Waals surface area contributed by atoms with E-state index in [0.29, 0.717) is 24.7 Å². The third-order valence-corrected chi connectivity index (χ3v) is 6.94. The number of halogens is 3. The van der Waals surface area contributed by atoms with Crippen molar-refractivity contribution in [1.82, 2.24) is 24.4 Å². The summed E-state index contributed by atoms with van der Waals surface area (Å²) >= 11 is 0. The quantitative estimate of drug-likeness (QED) is 0.311. The summed E-state index contributed by atoms with van der Waals surface area (Å²) < 4.78 is 41.8. The smallest absolute Gasteiger partial charge is 0.365 e. The molecule has 1 fully saturated rings. The number of hydrogen-bond acceptors (Lipinski definition) is 4. The number of fused-ring (bicyclic) bond motifs is 1. The molecule has 0 aromatic carbocycles. The van der Waals surface area contributed by atoms with Gasteiger partial charge >= 0.3 is 6.18 Å². The Morgan fingerprint density at radius 3 is 2.51 bits per heavy atom. The van der Waals surface area contributed by atoms with Crippen molar-refractivity contribution >= 4 is 22.7 Å². The second-order valence-electron chi connectivity index (χ2n) is 9.53. The molecule has 1 aliphatic rings. The predicted molar refractivity (Wildman–Crippen MR) is 141 cm³/mol. The van der Waals surface area contributed by atoms with Crippen LogP contribution >= 0.6 is 0 Å². The third-order valence-electron chi connectivity index (χ3n) is 6.94. The molecule has 0 bridgehead atoms. The number of nitrogens with two attached hydrogens (primary N) is 1. The van der Waals surface area contributed by atoms with Gasteiger partial charge in [0, 0.05) is 62.2 Å². The second kappa shape index (κ2) is 12.6. The van der Waals surface area contributed by atoms with Crippen molar-refractivity contribution in [3.05, 3.63) is 84.3 Å². The second-order valence-corrected chi connectivity index (χ2v) is 9.53. The van der Waals surface area contributed by atoms with Gasteiger partial charge in [0.15, 0.2) is 0 Å². The number of likely N-dealkylation sites (tertiary alicyclic amines) is 1. The largest absolute Gasteiger partial charge is 0.417 e. The molecule has 0 radical (unpaired) electrons. The third kappa shape index (κ3) is 7.24. The van der Waals surface area contributed by atoms with Gasteiger partial charge in [-0.1, -0.05) is 18.9 Å². The topological polar surface area (TPSA) is 110 Å². The van der Waals surface area contributed by atoms with E-state index in [4.69, 9.17) is 5.73 Å². The van der Waals surface area contributed by atoms with Crippen LogP contribution in [0.5, 0.6) is 0 Å². The molecule has 4 aromatic heterocycles. The van der Waals surface area contributed by atoms with Gasteiger partial charge in [-0.25, -0.2) is 0 Å². The van der Waals surface area contributed by atoms with E-state index in [1.807, 2.05) is 12.4 Å². The molecule has 0 aliphatic carbocycles. The van der Waals surface area contributed by atoms with Crippen LogP contribution in [0.2, 0.25) is 0 Å². The number of nitrogens with zero attached hydrogens (tertiary/aromatic N) is 4. The number of primary amides is 1. The lowest BCUT2D eigenvalue weighted by molar-refractivity contribution is -0.138. The van der Waals surface area contributed by atoms with Crippen molar-refractivity contribution in [3.8, 4) is 0 Å². The number of aromatic amines is 1. The van der Waals surface area contributed by atoms with Crippen LogP contribution in [-0.4, -0.2) is 49.3 Å². The zero-order chi connectivity index (χ0) is 27.8. The molecule has 206 valence electrons. The number of unbranched alkanes of at least 4 members (excludes halogenated alkanes) is 1. The van der Waals surface area contributed by atoms with Crippen molar-refractivity contribution in [2.24, 2.45) is 11.7 Å². The van der Waals surface area contributed by atoms with E-state index in [-0.39, 0.29) is 5.56 Å². The molecule has 0 atom stereocenters. The van der Waals surface area contributed by atoms with Crippen molar-refractivity contribution < 1.29 is 22.8 Å². The number of hydrogen-bond donors (Lipinski definition) is 2. The van der Waals surface area contributed by atoms with E-state index < -0.39 is 23.6 Å². The highest BCUT2D eigenvalue weighted by atomic mass is 19.4. The molecule has 0 saturated carbocycles. The normalized spacial score (nSPS) is 14.2. The van der Waals surface area contributed by atoms with Crippen LogP contribution in [0.15, 0.2) is 67.5 Å². The van der Waals surface area contributed by atoms with E-state index in [1.165, 1.54) is 22.0 Å². The van der Waals surface area contributed by atoms with Gasteiger partial charge in [-0.3, -0.25) is 19.6 Å². The van der Waals surface area contributed by atoms with Crippen molar-refractivity contribution in [1.29, 1.82) is 0 Å². The molecule has 1 aliphatic heterocycles. The number of aryl methyl sites for hydroxylation is 1. The molecule has 0 unspecified atom stereocenters. The van der Waals surface area contributed by atoms with Gasteiger partial charge < -0.3 is 20.2 Å². The fraction of sp³-hybridized carbons (Fsp3) is 0.357. The first kappa shape index (κ1) is 27.9. The fourth-order valence-corrected chi connectivity index (χ4v) is 4.83. The first-order valence-electron chi connectivity index (χ1n) is 12.9. The highest BCUT2D eigenvalue weighted by Gasteiger charge is 2.36. The highest BCUT2D eigenvalue weighted by Crippen LogP contribution is 2.33. The Morgan fingerprint density at radius 1 is 1.05 bits per heavy atom. The summed E-state index contributed by atoms with van der Waals surface area (Å²) in [5.41, 5.74) is 5.17. The molecule has 4 aromatic rings. The minimum atomic E-state index is -4.56. The van der Waals surface area contributed by atoms with Gasteiger partial charge in [-0.15, -0.1) is 0 Å². The summed E-state index contributed by atoms with van der Waals surface area (Å²) in [6.07, 6.45) is 10.1. The monoisotopic (exact) mass is 540 g/mol. The molecule has 2 amide bonds. The SMILES string of the molecule is NC(=O)c1ccccn1.O=C(c1cnccc1C(F)(F)F)N1CCC(CCCCn2ccc3c[nH]cc32)CC1. The van der Waals surface area contributed by atoms with E-state index in [2.05, 4.69) is 31.8 Å². The number of H-pyrrole nitrogens is 1. The number of pyridine rings is 2. The maximum absolute atomic E-state index is 13.2. The lowest BCUT2D eigenvalue weighted by Gasteiger charge is -2.32. The van der Waals surface area contributed by atoms with Crippen molar-refractivity contribution in [3.63, 3.8) is 0 Å². The summed E-state index contributed by atoms with van der Waals surface area (Å²) in [7, 11) is 0. The molecule has 1 saturated heterocycles. The van der Waals surface area contributed by atoms with Gasteiger partial charge in [-0.05, 0) is 49.4 Å². The van der Waals surface area contributed by atoms with Crippen LogP contribution < -0.4 is 5.73 Å². The maximum Gasteiger partial charge on any atom is 0.417 e. The van der Waals surface area contributed by atoms with Crippen LogP contribution in [0.4, 0.5) is 13.2 Å². The van der Waals surface area contributed by atoms with E-state index in [1.54, 1.807) is 18.2 Å². The molecular weight excluding hydrogens is 509 g/mol. The predicted octanol–water partition coefficient (Wildman–Crippen LogP) is 5.29. The first-order chi connectivity index (χ1) is 18.7. The van der Waals surface area contributed by atoms with Crippen LogP contribution in [0, 0.1) is 5.92 Å². The number of aromatic nitrogens is 4. The number of carbonyl (C=O) groups excluding carboxylic acids is 2. The van der Waals surface area contributed by atoms with E-state index >= 15 is 0 Å². The van der Waals surface area contributed by atoms with Crippen molar-refractivity contribution in [2.75, 3.05) is 13.1 Å². The summed E-state index contributed by atoms with van der Waals surface area (Å²) in [6.45, 7) is 1.97. The van der Waals surface area contributed by atoms with Crippen LogP contribution in [-0.2, 0) is 12.7 Å². The van der Waals surface area contributed by atoms with Crippen LogP contribution in [0.1, 0.15) is 58.5 Å². The lowest BCUT2D eigenvalue weighted by atomic mass is 9.91. The Balaban J connectivity index is 0.000000333. The Bertz CT molecular complexity index is 1370. The van der Waals surface area contributed by atoms with Crippen molar-refractivity contribution in [2.45, 2.75) is 44.8 Å². The maximum atomic E-state index is 13.2. The summed E-state index contributed by atoms with van der Waals surface area (Å²) in [5, 5.41) is 1.22. The number of nitrogens with one attached hydrogen (secondary N) is 1. The summed E-state index contributed by atoms with van der Waals surface area (Å²) in [6, 6.07) is 7.98. The Morgan fingerprint density at radius 2 is 1.85 bits per heavy atom. The Hall–Kier alpha value is -4.15. The minimum absolute atomic E-state index is 0.303. The van der Waals surface area contributed by atoms with E-state index in [0.717, 1.165) is 57.1 Å². The number of amides is 2. The molecule has 39 heavy (non-hydrogen) atoms. The molecule has 8 nitrogen and oxygen atoms in total. The number of rotatable bonds is 7. The number of piperidine rings is 1.